The summed E-state index contributed by atoms with van der Waals surface area (Å²) in [4.78, 5) is 49.0. The van der Waals surface area contributed by atoms with Crippen molar-refractivity contribution in [3.63, 3.8) is 0 Å². The second kappa shape index (κ2) is 7.56. The molecule has 1 fully saturated rings. The molecule has 26 heavy (non-hydrogen) atoms. The van der Waals surface area contributed by atoms with Crippen LogP contribution in [0.1, 0.15) is 27.7 Å². The standard InChI is InChI=1S/C16H22N2O7S/c1-8(19)24-6-9-7-26-13-10(17-15(22)23-5)12(20)18(13)11(9)14(21)25-16(2,3)4/h7,10-11,13H,6H2,1-5H3,(H,17,22)/t10-,11-,13-/m1/s1. The van der Waals surface area contributed by atoms with Crippen LogP contribution in [0.4, 0.5) is 4.79 Å². The number of amides is 2. The van der Waals surface area contributed by atoms with Crippen molar-refractivity contribution in [1.82, 2.24) is 10.2 Å². The molecule has 0 saturated carbocycles. The molecule has 10 heteroatoms. The molecular weight excluding hydrogens is 364 g/mol. The van der Waals surface area contributed by atoms with Crippen molar-refractivity contribution >= 4 is 35.7 Å². The zero-order valence-corrected chi connectivity index (χ0v) is 16.0. The second-order valence-electron chi connectivity index (χ2n) is 6.79. The average molecular weight is 386 g/mol. The maximum absolute atomic E-state index is 12.7. The molecule has 2 aliphatic heterocycles. The van der Waals surface area contributed by atoms with E-state index in [1.807, 2.05) is 0 Å². The van der Waals surface area contributed by atoms with Gasteiger partial charge in [0.05, 0.1) is 7.11 Å². The summed E-state index contributed by atoms with van der Waals surface area (Å²) in [6.07, 6.45) is -0.730. The van der Waals surface area contributed by atoms with Crippen LogP contribution < -0.4 is 5.32 Å². The first kappa shape index (κ1) is 20.1. The van der Waals surface area contributed by atoms with Crippen molar-refractivity contribution in [1.29, 1.82) is 0 Å². The predicted molar refractivity (Wildman–Crippen MR) is 91.9 cm³/mol. The van der Waals surface area contributed by atoms with Gasteiger partial charge in [0.1, 0.15) is 23.6 Å². The number of rotatable bonds is 4. The Balaban J connectivity index is 2.24. The summed E-state index contributed by atoms with van der Waals surface area (Å²) in [6, 6.07) is -1.81. The van der Waals surface area contributed by atoms with Crippen molar-refractivity contribution in [3.8, 4) is 0 Å². The van der Waals surface area contributed by atoms with Crippen molar-refractivity contribution in [2.75, 3.05) is 13.7 Å². The van der Waals surface area contributed by atoms with Gasteiger partial charge in [-0.2, -0.15) is 0 Å². The highest BCUT2D eigenvalue weighted by molar-refractivity contribution is 8.02. The van der Waals surface area contributed by atoms with Crippen LogP contribution in [0.3, 0.4) is 0 Å². The molecule has 9 nitrogen and oxygen atoms in total. The Hall–Kier alpha value is -2.23. The van der Waals surface area contributed by atoms with Crippen LogP contribution in [0.15, 0.2) is 11.0 Å². The number of alkyl carbamates (subject to hydrolysis) is 1. The smallest absolute Gasteiger partial charge is 0.407 e. The molecule has 2 aliphatic rings. The van der Waals surface area contributed by atoms with Crippen molar-refractivity contribution in [3.05, 3.63) is 11.0 Å². The van der Waals surface area contributed by atoms with Crippen LogP contribution in [-0.4, -0.2) is 65.6 Å². The monoisotopic (exact) mass is 386 g/mol. The summed E-state index contributed by atoms with van der Waals surface area (Å²) in [5.74, 6) is -1.55. The summed E-state index contributed by atoms with van der Waals surface area (Å²) >= 11 is 1.25. The molecule has 2 heterocycles. The Labute approximate surface area is 155 Å². The van der Waals surface area contributed by atoms with Crippen LogP contribution in [0, 0.1) is 0 Å². The molecule has 0 aromatic carbocycles. The number of nitrogens with zero attached hydrogens (tertiary/aromatic N) is 1. The molecule has 0 bridgehead atoms. The lowest BCUT2D eigenvalue weighted by atomic mass is 9.98. The molecule has 2 rings (SSSR count). The van der Waals surface area contributed by atoms with Crippen LogP contribution >= 0.6 is 11.8 Å². The zero-order valence-electron chi connectivity index (χ0n) is 15.2. The lowest BCUT2D eigenvalue weighted by Crippen LogP contribution is -2.74. The minimum Gasteiger partial charge on any atom is -0.461 e. The number of esters is 2. The third-order valence-electron chi connectivity index (χ3n) is 3.60. The van der Waals surface area contributed by atoms with Gasteiger partial charge in [-0.25, -0.2) is 9.59 Å². The first-order valence-corrected chi connectivity index (χ1v) is 8.86. The number of β-lactam (4-membered cyclic amide) rings is 1. The molecule has 0 radical (unpaired) electrons. The van der Waals surface area contributed by atoms with E-state index in [-0.39, 0.29) is 6.61 Å². The van der Waals surface area contributed by atoms with Crippen LogP contribution in [-0.2, 0) is 28.6 Å². The van der Waals surface area contributed by atoms with Gasteiger partial charge in [0.2, 0.25) is 5.91 Å². The fourth-order valence-electron chi connectivity index (χ4n) is 2.54. The largest absolute Gasteiger partial charge is 0.461 e. The van der Waals surface area contributed by atoms with E-state index in [4.69, 9.17) is 9.47 Å². The number of fused-ring (bicyclic) bond motifs is 1. The van der Waals surface area contributed by atoms with Gasteiger partial charge >= 0.3 is 18.0 Å². The summed E-state index contributed by atoms with van der Waals surface area (Å²) in [5, 5.41) is 3.64. The van der Waals surface area contributed by atoms with E-state index in [0.717, 1.165) is 0 Å². The van der Waals surface area contributed by atoms with Crippen molar-refractivity contribution < 1.29 is 33.4 Å². The van der Waals surface area contributed by atoms with Crippen molar-refractivity contribution in [2.45, 2.75) is 50.8 Å². The van der Waals surface area contributed by atoms with Crippen molar-refractivity contribution in [2.24, 2.45) is 0 Å². The van der Waals surface area contributed by atoms with Gasteiger partial charge in [0.25, 0.3) is 0 Å². The maximum Gasteiger partial charge on any atom is 0.407 e. The summed E-state index contributed by atoms with van der Waals surface area (Å²) < 4.78 is 14.9. The fourth-order valence-corrected chi connectivity index (χ4v) is 3.75. The summed E-state index contributed by atoms with van der Waals surface area (Å²) in [6.45, 7) is 6.28. The van der Waals surface area contributed by atoms with Gasteiger partial charge in [-0.1, -0.05) is 0 Å². The molecule has 144 valence electrons. The van der Waals surface area contributed by atoms with E-state index in [9.17, 15) is 19.2 Å². The minimum absolute atomic E-state index is 0.127. The van der Waals surface area contributed by atoms with E-state index in [0.29, 0.717) is 5.57 Å². The third kappa shape index (κ3) is 4.29. The van der Waals surface area contributed by atoms with E-state index < -0.39 is 47.0 Å². The molecule has 1 saturated heterocycles. The number of carbonyl (C=O) groups excluding carboxylic acids is 4. The average Bonchev–Trinajstić information content (AvgIpc) is 2.54. The predicted octanol–water partition coefficient (Wildman–Crippen LogP) is 0.783. The first-order valence-electron chi connectivity index (χ1n) is 7.92. The number of methoxy groups -OCH3 is 1. The number of ether oxygens (including phenoxy) is 3. The number of hydrogen-bond donors (Lipinski definition) is 1. The lowest BCUT2D eigenvalue weighted by molar-refractivity contribution is -0.170. The van der Waals surface area contributed by atoms with Gasteiger partial charge < -0.3 is 24.4 Å². The minimum atomic E-state index is -1.01. The van der Waals surface area contributed by atoms with Crippen LogP contribution in [0.25, 0.3) is 0 Å². The van der Waals surface area contributed by atoms with Gasteiger partial charge in [-0.15, -0.1) is 11.8 Å². The molecule has 0 unspecified atom stereocenters. The molecule has 0 aromatic rings. The first-order chi connectivity index (χ1) is 12.0. The zero-order chi connectivity index (χ0) is 19.6. The Morgan fingerprint density at radius 2 is 1.96 bits per heavy atom. The Kier molecular flexibility index (Phi) is 5.84. The van der Waals surface area contributed by atoms with Gasteiger partial charge in [0, 0.05) is 12.5 Å². The van der Waals surface area contributed by atoms with Gasteiger partial charge in [0.15, 0.2) is 6.04 Å². The Morgan fingerprint density at radius 1 is 1.31 bits per heavy atom. The fraction of sp³-hybridized carbons (Fsp3) is 0.625. The normalized spacial score (nSPS) is 24.7. The molecular formula is C16H22N2O7S. The Morgan fingerprint density at radius 3 is 2.50 bits per heavy atom. The topological polar surface area (TPSA) is 111 Å². The van der Waals surface area contributed by atoms with E-state index in [2.05, 4.69) is 10.1 Å². The third-order valence-corrected chi connectivity index (χ3v) is 4.82. The molecule has 3 atom stereocenters. The highest BCUT2D eigenvalue weighted by Crippen LogP contribution is 2.40. The number of nitrogens with one attached hydrogen (secondary N) is 1. The molecule has 1 N–H and O–H groups in total. The van der Waals surface area contributed by atoms with E-state index >= 15 is 0 Å². The van der Waals surface area contributed by atoms with Crippen LogP contribution in [0.2, 0.25) is 0 Å². The molecule has 0 aliphatic carbocycles. The number of thioether (sulfide) groups is 1. The van der Waals surface area contributed by atoms with Gasteiger partial charge in [-0.05, 0) is 26.2 Å². The van der Waals surface area contributed by atoms with E-state index in [1.165, 1.54) is 30.7 Å². The maximum atomic E-state index is 12.7. The SMILES string of the molecule is COC(=O)N[C@@H]1C(=O)N2[C@@H](C(=O)OC(C)(C)C)C(COC(C)=O)=CS[C@H]12. The second-order valence-corrected chi connectivity index (χ2v) is 7.79. The quantitative estimate of drug-likeness (QED) is 0.429. The molecule has 0 aromatic heterocycles. The number of hydrogen-bond acceptors (Lipinski definition) is 8. The molecule has 0 spiro atoms. The van der Waals surface area contributed by atoms with Crippen LogP contribution in [0.5, 0.6) is 0 Å². The molecule has 2 amide bonds. The summed E-state index contributed by atoms with van der Waals surface area (Å²) in [5.41, 5.74) is -0.304. The number of carbonyl (C=O) groups is 4. The summed E-state index contributed by atoms with van der Waals surface area (Å²) in [7, 11) is 1.20. The van der Waals surface area contributed by atoms with E-state index in [1.54, 1.807) is 26.2 Å². The highest BCUT2D eigenvalue weighted by atomic mass is 32.2. The van der Waals surface area contributed by atoms with Gasteiger partial charge in [-0.3, -0.25) is 9.59 Å². The lowest BCUT2D eigenvalue weighted by Gasteiger charge is -2.51. The Bertz CT molecular complexity index is 655. The highest BCUT2D eigenvalue weighted by Gasteiger charge is 2.56.